The van der Waals surface area contributed by atoms with E-state index in [1.54, 1.807) is 30.3 Å². The van der Waals surface area contributed by atoms with E-state index in [2.05, 4.69) is 9.97 Å². The zero-order valence-corrected chi connectivity index (χ0v) is 12.0. The normalized spacial score (nSPS) is 11.8. The van der Waals surface area contributed by atoms with Gasteiger partial charge in [-0.3, -0.25) is 0 Å². The minimum Gasteiger partial charge on any atom is -0.226 e. The van der Waals surface area contributed by atoms with Gasteiger partial charge in [-0.15, -0.1) is 0 Å². The number of nitrogens with zero attached hydrogens (tertiary/aromatic N) is 3. The highest BCUT2D eigenvalue weighted by molar-refractivity contribution is 7.89. The fourth-order valence-electron chi connectivity index (χ4n) is 1.58. The zero-order chi connectivity index (χ0) is 14.0. The number of benzene rings is 1. The van der Waals surface area contributed by atoms with Gasteiger partial charge in [0.15, 0.2) is 0 Å². The second-order valence-electron chi connectivity index (χ2n) is 3.99. The SMILES string of the molecule is CN(C)S(=O)(=O)c1ccccc1-c1ccnc(Cl)n1. The van der Waals surface area contributed by atoms with Gasteiger partial charge in [0, 0.05) is 25.9 Å². The van der Waals surface area contributed by atoms with Crippen LogP contribution in [0.2, 0.25) is 5.28 Å². The molecule has 0 spiro atoms. The Kier molecular flexibility index (Phi) is 3.84. The molecule has 7 heteroatoms. The molecule has 0 aliphatic carbocycles. The van der Waals surface area contributed by atoms with Crippen molar-refractivity contribution in [1.29, 1.82) is 0 Å². The Morgan fingerprint density at radius 1 is 1.16 bits per heavy atom. The first-order valence-corrected chi connectivity index (χ1v) is 7.25. The third-order valence-electron chi connectivity index (χ3n) is 2.55. The number of rotatable bonds is 3. The molecular formula is C12H12ClN3O2S. The van der Waals surface area contributed by atoms with E-state index in [1.165, 1.54) is 20.3 Å². The summed E-state index contributed by atoms with van der Waals surface area (Å²) >= 11 is 5.74. The number of sulfonamides is 1. The molecule has 5 nitrogen and oxygen atoms in total. The van der Waals surface area contributed by atoms with Gasteiger partial charge in [0.05, 0.1) is 10.6 Å². The Morgan fingerprint density at radius 2 is 1.84 bits per heavy atom. The summed E-state index contributed by atoms with van der Waals surface area (Å²) in [5.74, 6) is 0. The minimum atomic E-state index is -3.54. The second-order valence-corrected chi connectivity index (χ2v) is 6.45. The summed E-state index contributed by atoms with van der Waals surface area (Å²) in [4.78, 5) is 8.02. The highest BCUT2D eigenvalue weighted by atomic mass is 35.5. The van der Waals surface area contributed by atoms with Crippen molar-refractivity contribution in [3.63, 3.8) is 0 Å². The molecule has 0 saturated carbocycles. The molecule has 0 radical (unpaired) electrons. The number of halogens is 1. The van der Waals surface area contributed by atoms with Crippen LogP contribution in [0, 0.1) is 0 Å². The van der Waals surface area contributed by atoms with Gasteiger partial charge in [-0.2, -0.15) is 0 Å². The summed E-state index contributed by atoms with van der Waals surface area (Å²) in [6, 6.07) is 8.27. The molecule has 1 aromatic heterocycles. The first kappa shape index (κ1) is 13.9. The Bertz CT molecular complexity index is 702. The molecule has 1 aromatic carbocycles. The van der Waals surface area contributed by atoms with E-state index in [9.17, 15) is 8.42 Å². The molecule has 0 aliphatic rings. The Labute approximate surface area is 116 Å². The molecule has 100 valence electrons. The quantitative estimate of drug-likeness (QED) is 0.813. The molecule has 0 amide bonds. The van der Waals surface area contributed by atoms with Gasteiger partial charge >= 0.3 is 0 Å². The van der Waals surface area contributed by atoms with Gasteiger partial charge in [-0.1, -0.05) is 18.2 Å². The van der Waals surface area contributed by atoms with Crippen LogP contribution in [0.15, 0.2) is 41.4 Å². The van der Waals surface area contributed by atoms with E-state index < -0.39 is 10.0 Å². The van der Waals surface area contributed by atoms with Crippen LogP contribution in [-0.2, 0) is 10.0 Å². The number of hydrogen-bond acceptors (Lipinski definition) is 4. The first-order valence-electron chi connectivity index (χ1n) is 5.43. The average Bonchev–Trinajstić information content (AvgIpc) is 2.38. The lowest BCUT2D eigenvalue weighted by Gasteiger charge is -2.14. The van der Waals surface area contributed by atoms with Crippen LogP contribution >= 0.6 is 11.6 Å². The van der Waals surface area contributed by atoms with Gasteiger partial charge < -0.3 is 0 Å². The minimum absolute atomic E-state index is 0.0783. The molecule has 0 fully saturated rings. The van der Waals surface area contributed by atoms with E-state index in [4.69, 9.17) is 11.6 Å². The Hall–Kier alpha value is -1.50. The summed E-state index contributed by atoms with van der Waals surface area (Å²) in [6.45, 7) is 0. The first-order chi connectivity index (χ1) is 8.93. The predicted molar refractivity (Wildman–Crippen MR) is 73.4 cm³/mol. The molecule has 2 aromatic rings. The zero-order valence-electron chi connectivity index (χ0n) is 10.4. The molecule has 19 heavy (non-hydrogen) atoms. The van der Waals surface area contributed by atoms with Gasteiger partial charge in [0.25, 0.3) is 0 Å². The van der Waals surface area contributed by atoms with E-state index in [0.717, 1.165) is 4.31 Å². The summed E-state index contributed by atoms with van der Waals surface area (Å²) in [6.07, 6.45) is 1.49. The summed E-state index contributed by atoms with van der Waals surface area (Å²) in [5, 5.41) is 0.0783. The Morgan fingerprint density at radius 3 is 2.47 bits per heavy atom. The summed E-state index contributed by atoms with van der Waals surface area (Å²) in [5.41, 5.74) is 0.974. The standard InChI is InChI=1S/C12H12ClN3O2S/c1-16(2)19(17,18)11-6-4-3-5-9(11)10-7-8-14-12(13)15-10/h3-8H,1-2H3. The molecule has 0 N–H and O–H groups in total. The van der Waals surface area contributed by atoms with Crippen molar-refractivity contribution < 1.29 is 8.42 Å². The summed E-state index contributed by atoms with van der Waals surface area (Å²) in [7, 11) is -0.568. The molecule has 2 rings (SSSR count). The van der Waals surface area contributed by atoms with E-state index in [-0.39, 0.29) is 10.2 Å². The maximum Gasteiger partial charge on any atom is 0.243 e. The van der Waals surface area contributed by atoms with Crippen molar-refractivity contribution in [3.05, 3.63) is 41.8 Å². The van der Waals surface area contributed by atoms with Crippen LogP contribution in [0.4, 0.5) is 0 Å². The molecule has 0 atom stereocenters. The van der Waals surface area contributed by atoms with Crippen LogP contribution in [0.5, 0.6) is 0 Å². The predicted octanol–water partition coefficient (Wildman–Crippen LogP) is 2.05. The third-order valence-corrected chi connectivity index (χ3v) is 4.60. The van der Waals surface area contributed by atoms with Crippen LogP contribution in [0.1, 0.15) is 0 Å². The molecule has 1 heterocycles. The largest absolute Gasteiger partial charge is 0.243 e. The van der Waals surface area contributed by atoms with E-state index >= 15 is 0 Å². The fourth-order valence-corrected chi connectivity index (χ4v) is 2.83. The number of aromatic nitrogens is 2. The number of hydrogen-bond donors (Lipinski definition) is 0. The van der Waals surface area contributed by atoms with Crippen molar-refractivity contribution in [2.24, 2.45) is 0 Å². The van der Waals surface area contributed by atoms with Crippen molar-refractivity contribution >= 4 is 21.6 Å². The van der Waals surface area contributed by atoms with Crippen molar-refractivity contribution in [2.45, 2.75) is 4.90 Å². The fraction of sp³-hybridized carbons (Fsp3) is 0.167. The maximum absolute atomic E-state index is 12.3. The lowest BCUT2D eigenvalue weighted by atomic mass is 10.1. The van der Waals surface area contributed by atoms with E-state index in [1.807, 2.05) is 0 Å². The Balaban J connectivity index is 2.67. The monoisotopic (exact) mass is 297 g/mol. The molecule has 0 bridgehead atoms. The highest BCUT2D eigenvalue weighted by Crippen LogP contribution is 2.27. The van der Waals surface area contributed by atoms with Crippen molar-refractivity contribution in [3.8, 4) is 11.3 Å². The molecule has 0 aliphatic heterocycles. The van der Waals surface area contributed by atoms with Crippen LogP contribution in [-0.4, -0.2) is 36.8 Å². The van der Waals surface area contributed by atoms with E-state index in [0.29, 0.717) is 11.3 Å². The average molecular weight is 298 g/mol. The molecule has 0 saturated heterocycles. The van der Waals surface area contributed by atoms with Gasteiger partial charge in [0.2, 0.25) is 15.3 Å². The smallest absolute Gasteiger partial charge is 0.226 e. The lowest BCUT2D eigenvalue weighted by Crippen LogP contribution is -2.22. The summed E-state index contributed by atoms with van der Waals surface area (Å²) < 4.78 is 25.7. The van der Waals surface area contributed by atoms with Crippen molar-refractivity contribution in [2.75, 3.05) is 14.1 Å². The van der Waals surface area contributed by atoms with Crippen molar-refractivity contribution in [1.82, 2.24) is 14.3 Å². The second kappa shape index (κ2) is 5.24. The highest BCUT2D eigenvalue weighted by Gasteiger charge is 2.22. The topological polar surface area (TPSA) is 63.2 Å². The third kappa shape index (κ3) is 2.75. The maximum atomic E-state index is 12.3. The van der Waals surface area contributed by atoms with Crippen LogP contribution < -0.4 is 0 Å². The van der Waals surface area contributed by atoms with Gasteiger partial charge in [-0.05, 0) is 23.7 Å². The lowest BCUT2D eigenvalue weighted by molar-refractivity contribution is 0.521. The van der Waals surface area contributed by atoms with Crippen LogP contribution in [0.3, 0.4) is 0 Å². The van der Waals surface area contributed by atoms with Crippen LogP contribution in [0.25, 0.3) is 11.3 Å². The molecular weight excluding hydrogens is 286 g/mol. The molecule has 0 unspecified atom stereocenters. The van der Waals surface area contributed by atoms with Gasteiger partial charge in [0.1, 0.15) is 0 Å². The van der Waals surface area contributed by atoms with Gasteiger partial charge in [-0.25, -0.2) is 22.7 Å².